The third-order valence-electron chi connectivity index (χ3n) is 11.4. The van der Waals surface area contributed by atoms with Gasteiger partial charge in [0.05, 0.1) is 17.5 Å². The van der Waals surface area contributed by atoms with Gasteiger partial charge >= 0.3 is 6.36 Å². The van der Waals surface area contributed by atoms with Gasteiger partial charge in [-0.15, -0.1) is 36.4 Å². The lowest BCUT2D eigenvalue weighted by atomic mass is 9.56. The van der Waals surface area contributed by atoms with Crippen LogP contribution in [0, 0.1) is 46.8 Å². The maximum absolute atomic E-state index is 15.3. The molecule has 4 aliphatic rings. The molecule has 0 spiro atoms. The Morgan fingerprint density at radius 1 is 0.800 bits per heavy atom. The number of halogens is 10. The molecule has 4 aromatic carbocycles. The Morgan fingerprint density at radius 3 is 2.10 bits per heavy atom. The van der Waals surface area contributed by atoms with Gasteiger partial charge < -0.3 is 14.3 Å². The molecule has 60 heavy (non-hydrogen) atoms. The van der Waals surface area contributed by atoms with E-state index in [0.717, 1.165) is 4.90 Å². The molecule has 20 heteroatoms. The molecule has 3 heterocycles. The highest BCUT2D eigenvalue weighted by Crippen LogP contribution is 2.67. The molecule has 5 aromatic rings. The third-order valence-corrected chi connectivity index (χ3v) is 12.8. The third kappa shape index (κ3) is 5.42. The first-order valence-corrected chi connectivity index (χ1v) is 18.4. The van der Waals surface area contributed by atoms with Gasteiger partial charge in [-0.25, -0.2) is 31.8 Å². The maximum atomic E-state index is 15.3. The van der Waals surface area contributed by atoms with E-state index in [4.69, 9.17) is 27.6 Å². The van der Waals surface area contributed by atoms with Crippen LogP contribution >= 0.6 is 23.2 Å². The number of hydrogen-bond acceptors (Lipinski definition) is 8. The summed E-state index contributed by atoms with van der Waals surface area (Å²) in [5.41, 5.74) is -1.20. The lowest BCUT2D eigenvalue weighted by Crippen LogP contribution is -2.60. The van der Waals surface area contributed by atoms with Gasteiger partial charge in [0, 0.05) is 17.0 Å². The largest absolute Gasteiger partial charge is 0.573 e. The van der Waals surface area contributed by atoms with Crippen molar-refractivity contribution in [2.24, 2.45) is 17.8 Å². The number of oxazole rings is 1. The first-order valence-electron chi connectivity index (χ1n) is 17.7. The van der Waals surface area contributed by atoms with Crippen molar-refractivity contribution >= 4 is 69.3 Å². The molecule has 2 aliphatic carbocycles. The Balaban J connectivity index is 1.17. The summed E-state index contributed by atoms with van der Waals surface area (Å²) in [4.78, 5) is 56.2. The van der Waals surface area contributed by atoms with Crippen LogP contribution in [0.15, 0.2) is 82.8 Å². The zero-order valence-corrected chi connectivity index (χ0v) is 31.2. The zero-order valence-electron chi connectivity index (χ0n) is 29.7. The van der Waals surface area contributed by atoms with E-state index < -0.39 is 127 Å². The minimum atomic E-state index is -5.31. The summed E-state index contributed by atoms with van der Waals surface area (Å²) in [6, 6.07) is 14.9. The van der Waals surface area contributed by atoms with E-state index in [1.807, 2.05) is 0 Å². The summed E-state index contributed by atoms with van der Waals surface area (Å²) in [7, 11) is 0. The van der Waals surface area contributed by atoms with Gasteiger partial charge in [-0.3, -0.25) is 24.1 Å². The number of aromatic nitrogens is 1. The highest BCUT2D eigenvalue weighted by Gasteiger charge is 2.77. The summed E-state index contributed by atoms with van der Waals surface area (Å²) >= 11 is 14.1. The molecule has 0 radical (unpaired) electrons. The summed E-state index contributed by atoms with van der Waals surface area (Å²) in [5.74, 6) is -26.0. The van der Waals surface area contributed by atoms with Gasteiger partial charge in [0.15, 0.2) is 38.6 Å². The molecule has 3 fully saturated rings. The standard InChI is InChI=1S/C40H21Cl2F8N3O7/c41-38-14-21-18(10-11-19-25(21)35(56)52(34(19)55)16-7-5-15(6-8-16)33-51-22-3-1-2-4-24(22)59-33)26(20-13-17(9-12-23(20)54)60-40(48,49)50)39(38,42)37(58)53(36(38)57)32-30(46)28(44)27(43)29(45)31(32)47/h1-10,12-13,19,21,25-26,54H,11,14H2. The average molecular weight is 879 g/mol. The number of para-hydroxylation sites is 2. The van der Waals surface area contributed by atoms with Crippen LogP contribution in [0.4, 0.5) is 46.5 Å². The van der Waals surface area contributed by atoms with Crippen molar-refractivity contribution in [1.82, 2.24) is 4.98 Å². The number of fused-ring (bicyclic) bond motifs is 5. The molecule has 10 nitrogen and oxygen atoms in total. The fourth-order valence-corrected chi connectivity index (χ4v) is 9.80. The van der Waals surface area contributed by atoms with E-state index in [2.05, 4.69) is 9.72 Å². The summed E-state index contributed by atoms with van der Waals surface area (Å²) in [5, 5.41) is 11.2. The summed E-state index contributed by atoms with van der Waals surface area (Å²) in [6.07, 6.45) is -5.16. The fraction of sp³-hybridized carbons (Fsp3) is 0.225. The minimum absolute atomic E-state index is 0.0831. The van der Waals surface area contributed by atoms with Gasteiger partial charge in [-0.2, -0.15) is 0 Å². The number of imide groups is 2. The molecule has 6 atom stereocenters. The van der Waals surface area contributed by atoms with Crippen molar-refractivity contribution in [3.63, 3.8) is 0 Å². The predicted molar refractivity (Wildman–Crippen MR) is 193 cm³/mol. The lowest BCUT2D eigenvalue weighted by Gasteiger charge is -2.50. The maximum Gasteiger partial charge on any atom is 0.573 e. The van der Waals surface area contributed by atoms with E-state index in [0.29, 0.717) is 34.9 Å². The quantitative estimate of drug-likeness (QED) is 0.0465. The second-order valence-corrected chi connectivity index (χ2v) is 15.7. The molecule has 9 rings (SSSR count). The number of alkyl halides is 5. The average Bonchev–Trinajstić information content (AvgIpc) is 3.80. The number of nitrogens with zero attached hydrogens (tertiary/aromatic N) is 3. The monoisotopic (exact) mass is 877 g/mol. The van der Waals surface area contributed by atoms with Crippen LogP contribution in [-0.4, -0.2) is 49.8 Å². The van der Waals surface area contributed by atoms with Gasteiger partial charge in [0.2, 0.25) is 23.5 Å². The normalized spacial score (nSPS) is 26.4. The molecule has 1 aromatic heterocycles. The number of allylic oxidation sites excluding steroid dienone is 2. The van der Waals surface area contributed by atoms with Crippen LogP contribution in [0.5, 0.6) is 11.5 Å². The van der Waals surface area contributed by atoms with Gasteiger partial charge in [0.1, 0.15) is 22.7 Å². The molecule has 0 bridgehead atoms. The van der Waals surface area contributed by atoms with E-state index >= 15 is 8.78 Å². The number of hydrogen-bond donors (Lipinski definition) is 1. The number of anilines is 2. The summed E-state index contributed by atoms with van der Waals surface area (Å²) < 4.78 is 124. The number of benzene rings is 4. The molecule has 1 N–H and O–H groups in total. The number of rotatable bonds is 5. The minimum Gasteiger partial charge on any atom is -0.508 e. The van der Waals surface area contributed by atoms with Gasteiger partial charge in [-0.05, 0) is 73.4 Å². The van der Waals surface area contributed by atoms with E-state index in [9.17, 15) is 50.6 Å². The van der Waals surface area contributed by atoms with E-state index in [1.165, 1.54) is 30.3 Å². The van der Waals surface area contributed by atoms with Crippen molar-refractivity contribution in [1.29, 1.82) is 0 Å². The first kappa shape index (κ1) is 39.5. The molecule has 6 unspecified atom stereocenters. The molecule has 308 valence electrons. The Hall–Kier alpha value is -6.01. The van der Waals surface area contributed by atoms with E-state index in [-0.39, 0.29) is 23.6 Å². The van der Waals surface area contributed by atoms with Crippen molar-refractivity contribution in [2.45, 2.75) is 34.9 Å². The second kappa shape index (κ2) is 13.2. The smallest absolute Gasteiger partial charge is 0.508 e. The van der Waals surface area contributed by atoms with E-state index in [1.54, 1.807) is 24.3 Å². The van der Waals surface area contributed by atoms with Crippen LogP contribution in [-0.2, 0) is 19.2 Å². The van der Waals surface area contributed by atoms with Gasteiger partial charge in [0.25, 0.3) is 11.8 Å². The number of aromatic hydroxyl groups is 1. The lowest BCUT2D eigenvalue weighted by molar-refractivity contribution is -0.274. The molecular weight excluding hydrogens is 857 g/mol. The Morgan fingerprint density at radius 2 is 1.45 bits per heavy atom. The zero-order chi connectivity index (χ0) is 43.0. The topological polar surface area (TPSA) is 130 Å². The van der Waals surface area contributed by atoms with Crippen LogP contribution in [0.3, 0.4) is 0 Å². The van der Waals surface area contributed by atoms with Crippen LogP contribution in [0.2, 0.25) is 0 Å². The molecular formula is C40H21Cl2F8N3O7. The number of phenolic OH excluding ortho intramolecular Hbond substituents is 1. The number of carbonyl (C=O) groups is 4. The van der Waals surface area contributed by atoms with Gasteiger partial charge in [-0.1, -0.05) is 23.8 Å². The van der Waals surface area contributed by atoms with Crippen LogP contribution in [0.25, 0.3) is 22.6 Å². The molecule has 2 aliphatic heterocycles. The highest BCUT2D eigenvalue weighted by atomic mass is 35.5. The molecule has 2 saturated heterocycles. The predicted octanol–water partition coefficient (Wildman–Crippen LogP) is 8.56. The number of phenols is 1. The van der Waals surface area contributed by atoms with Crippen molar-refractivity contribution in [3.05, 3.63) is 113 Å². The summed E-state index contributed by atoms with van der Waals surface area (Å²) in [6.45, 7) is 0. The Labute approximate surface area is 340 Å². The Bertz CT molecular complexity index is 2720. The second-order valence-electron chi connectivity index (χ2n) is 14.5. The number of amides is 4. The van der Waals surface area contributed by atoms with Crippen molar-refractivity contribution in [3.8, 4) is 23.0 Å². The van der Waals surface area contributed by atoms with Crippen LogP contribution < -0.4 is 14.5 Å². The van der Waals surface area contributed by atoms with Crippen LogP contribution in [0.1, 0.15) is 24.3 Å². The first-order chi connectivity index (χ1) is 28.3. The number of carbonyl (C=O) groups excluding carboxylic acids is 4. The van der Waals surface area contributed by atoms with Crippen molar-refractivity contribution < 1.29 is 68.6 Å². The SMILES string of the molecule is O=C1C2CC=C3C(CC4(Cl)C(=O)N(c5c(F)c(F)c(F)c(F)c5F)C(=O)C4(Cl)C3c3cc(OC(F)(F)F)ccc3O)C2C(=O)N1c1ccc(-c2nc3ccccc3o2)cc1. The van der Waals surface area contributed by atoms with Crippen molar-refractivity contribution in [2.75, 3.05) is 9.80 Å². The Kier molecular flexibility index (Phi) is 8.71. The highest BCUT2D eigenvalue weighted by molar-refractivity contribution is 6.58. The molecule has 4 amide bonds. The fourth-order valence-electron chi connectivity index (χ4n) is 8.88. The number of ether oxygens (including phenoxy) is 1. The molecule has 1 saturated carbocycles.